The SMILES string of the molecule is Fc1ccccc1-c1nc(-c2ccccc2)nc(-c2ccccc2-c2cccc3c2sc2ccccc23)n1. The normalized spacial score (nSPS) is 11.3. The molecule has 5 aromatic carbocycles. The molecule has 0 aliphatic rings. The standard InChI is InChI=1S/C33H20FN3S/c34-28-19-8-6-16-27(28)33-36-31(21-11-2-1-3-12-21)35-32(37-33)26-15-5-4-13-22(26)24-17-10-18-25-23-14-7-9-20-29(23)38-30(24)25/h1-20H. The van der Waals surface area contributed by atoms with Gasteiger partial charge in [0.25, 0.3) is 0 Å². The van der Waals surface area contributed by atoms with Crippen molar-refractivity contribution in [2.75, 3.05) is 0 Å². The molecule has 0 fully saturated rings. The molecule has 180 valence electrons. The Balaban J connectivity index is 1.48. The third kappa shape index (κ3) is 3.85. The summed E-state index contributed by atoms with van der Waals surface area (Å²) in [6.45, 7) is 0. The van der Waals surface area contributed by atoms with E-state index < -0.39 is 0 Å². The van der Waals surface area contributed by atoms with Crippen LogP contribution in [0.15, 0.2) is 121 Å². The molecule has 2 heterocycles. The number of hydrogen-bond acceptors (Lipinski definition) is 4. The Morgan fingerprint density at radius 3 is 1.84 bits per heavy atom. The van der Waals surface area contributed by atoms with Crippen molar-refractivity contribution in [3.8, 4) is 45.3 Å². The van der Waals surface area contributed by atoms with Gasteiger partial charge >= 0.3 is 0 Å². The van der Waals surface area contributed by atoms with Crippen LogP contribution in [-0.2, 0) is 0 Å². The minimum Gasteiger partial charge on any atom is -0.208 e. The van der Waals surface area contributed by atoms with Crippen molar-refractivity contribution < 1.29 is 4.39 Å². The van der Waals surface area contributed by atoms with E-state index in [0.29, 0.717) is 23.0 Å². The monoisotopic (exact) mass is 509 g/mol. The molecule has 0 atom stereocenters. The van der Waals surface area contributed by atoms with Gasteiger partial charge in [-0.25, -0.2) is 19.3 Å². The molecule has 0 N–H and O–H groups in total. The number of aromatic nitrogens is 3. The lowest BCUT2D eigenvalue weighted by molar-refractivity contribution is 0.630. The Kier molecular flexibility index (Phi) is 5.49. The van der Waals surface area contributed by atoms with Crippen LogP contribution in [0.5, 0.6) is 0 Å². The molecule has 0 bridgehead atoms. The maximum atomic E-state index is 14.9. The first kappa shape index (κ1) is 22.5. The highest BCUT2D eigenvalue weighted by atomic mass is 32.1. The van der Waals surface area contributed by atoms with E-state index in [1.54, 1.807) is 29.5 Å². The van der Waals surface area contributed by atoms with Gasteiger partial charge in [0, 0.05) is 36.9 Å². The highest BCUT2D eigenvalue weighted by Crippen LogP contribution is 2.42. The molecular formula is C33H20FN3S. The van der Waals surface area contributed by atoms with Gasteiger partial charge in [-0.1, -0.05) is 103 Å². The third-order valence-electron chi connectivity index (χ3n) is 6.64. The first-order valence-corrected chi connectivity index (χ1v) is 13.1. The summed E-state index contributed by atoms with van der Waals surface area (Å²) in [6, 6.07) is 39.4. The zero-order valence-electron chi connectivity index (χ0n) is 20.2. The van der Waals surface area contributed by atoms with Crippen molar-refractivity contribution in [3.63, 3.8) is 0 Å². The molecule has 0 saturated carbocycles. The second-order valence-corrected chi connectivity index (χ2v) is 10.0. The summed E-state index contributed by atoms with van der Waals surface area (Å²) in [5, 5.41) is 2.48. The van der Waals surface area contributed by atoms with E-state index in [-0.39, 0.29) is 5.82 Å². The Morgan fingerprint density at radius 1 is 0.447 bits per heavy atom. The summed E-state index contributed by atoms with van der Waals surface area (Å²) in [4.78, 5) is 14.4. The number of nitrogens with zero attached hydrogens (tertiary/aromatic N) is 3. The number of fused-ring (bicyclic) bond motifs is 3. The van der Waals surface area contributed by atoms with E-state index in [2.05, 4.69) is 53.5 Å². The highest BCUT2D eigenvalue weighted by Gasteiger charge is 2.18. The lowest BCUT2D eigenvalue weighted by Crippen LogP contribution is -2.02. The first-order chi connectivity index (χ1) is 18.8. The quantitative estimate of drug-likeness (QED) is 0.238. The predicted octanol–water partition coefficient (Wildman–Crippen LogP) is 9.05. The Morgan fingerprint density at radius 2 is 1.03 bits per heavy atom. The van der Waals surface area contributed by atoms with E-state index in [0.717, 1.165) is 22.3 Å². The average molecular weight is 510 g/mol. The highest BCUT2D eigenvalue weighted by molar-refractivity contribution is 7.26. The third-order valence-corrected chi connectivity index (χ3v) is 7.86. The summed E-state index contributed by atoms with van der Waals surface area (Å²) < 4.78 is 17.3. The summed E-state index contributed by atoms with van der Waals surface area (Å²) in [5.41, 5.74) is 4.20. The molecule has 0 unspecified atom stereocenters. The fourth-order valence-corrected chi connectivity index (χ4v) is 6.08. The van der Waals surface area contributed by atoms with E-state index in [4.69, 9.17) is 9.97 Å². The first-order valence-electron chi connectivity index (χ1n) is 12.3. The molecule has 3 nitrogen and oxygen atoms in total. The van der Waals surface area contributed by atoms with E-state index in [9.17, 15) is 4.39 Å². The van der Waals surface area contributed by atoms with Crippen molar-refractivity contribution in [2.45, 2.75) is 0 Å². The van der Waals surface area contributed by atoms with E-state index in [1.165, 1.54) is 26.2 Å². The van der Waals surface area contributed by atoms with Crippen molar-refractivity contribution in [3.05, 3.63) is 127 Å². The number of hydrogen-bond donors (Lipinski definition) is 0. The van der Waals surface area contributed by atoms with Gasteiger partial charge in [0.15, 0.2) is 17.5 Å². The second-order valence-electron chi connectivity index (χ2n) is 8.98. The molecule has 5 heteroatoms. The number of thiophene rings is 1. The Labute approximate surface area is 222 Å². The number of rotatable bonds is 4. The van der Waals surface area contributed by atoms with Crippen molar-refractivity contribution >= 4 is 31.5 Å². The Bertz CT molecular complexity index is 1950. The van der Waals surface area contributed by atoms with Crippen molar-refractivity contribution in [1.82, 2.24) is 15.0 Å². The summed E-state index contributed by atoms with van der Waals surface area (Å²) in [6.07, 6.45) is 0. The minimum absolute atomic E-state index is 0.307. The van der Waals surface area contributed by atoms with Crippen LogP contribution in [0.25, 0.3) is 65.5 Å². The molecule has 0 aliphatic carbocycles. The van der Waals surface area contributed by atoms with Crippen LogP contribution in [-0.4, -0.2) is 15.0 Å². The van der Waals surface area contributed by atoms with Crippen LogP contribution in [0.1, 0.15) is 0 Å². The second kappa shape index (κ2) is 9.29. The van der Waals surface area contributed by atoms with Crippen LogP contribution >= 0.6 is 11.3 Å². The smallest absolute Gasteiger partial charge is 0.167 e. The maximum absolute atomic E-state index is 14.9. The molecule has 0 radical (unpaired) electrons. The molecule has 0 spiro atoms. The van der Waals surface area contributed by atoms with Gasteiger partial charge in [-0.15, -0.1) is 11.3 Å². The van der Waals surface area contributed by atoms with E-state index >= 15 is 0 Å². The Hall–Kier alpha value is -4.74. The summed E-state index contributed by atoms with van der Waals surface area (Å²) in [7, 11) is 0. The molecule has 0 amide bonds. The zero-order chi connectivity index (χ0) is 25.5. The summed E-state index contributed by atoms with van der Waals surface area (Å²) >= 11 is 1.79. The maximum Gasteiger partial charge on any atom is 0.167 e. The molecule has 0 aliphatic heterocycles. The molecule has 38 heavy (non-hydrogen) atoms. The van der Waals surface area contributed by atoms with Crippen LogP contribution in [0, 0.1) is 5.82 Å². The van der Waals surface area contributed by atoms with Gasteiger partial charge in [-0.2, -0.15) is 0 Å². The lowest BCUT2D eigenvalue weighted by Gasteiger charge is -2.13. The van der Waals surface area contributed by atoms with Crippen LogP contribution in [0.4, 0.5) is 4.39 Å². The fraction of sp³-hybridized carbons (Fsp3) is 0. The molecule has 2 aromatic heterocycles. The molecule has 7 rings (SSSR count). The predicted molar refractivity (Wildman–Crippen MR) is 154 cm³/mol. The number of benzene rings is 5. The van der Waals surface area contributed by atoms with Gasteiger partial charge in [-0.3, -0.25) is 0 Å². The van der Waals surface area contributed by atoms with Gasteiger partial charge in [0.2, 0.25) is 0 Å². The van der Waals surface area contributed by atoms with Gasteiger partial charge in [0.1, 0.15) is 5.82 Å². The van der Waals surface area contributed by atoms with Crippen LogP contribution in [0.3, 0.4) is 0 Å². The minimum atomic E-state index is -0.369. The van der Waals surface area contributed by atoms with Gasteiger partial charge in [-0.05, 0) is 23.8 Å². The number of halogens is 1. The topological polar surface area (TPSA) is 38.7 Å². The van der Waals surface area contributed by atoms with Crippen molar-refractivity contribution in [1.29, 1.82) is 0 Å². The van der Waals surface area contributed by atoms with Crippen LogP contribution < -0.4 is 0 Å². The van der Waals surface area contributed by atoms with Gasteiger partial charge < -0.3 is 0 Å². The van der Waals surface area contributed by atoms with Crippen molar-refractivity contribution in [2.24, 2.45) is 0 Å². The largest absolute Gasteiger partial charge is 0.208 e. The van der Waals surface area contributed by atoms with Crippen LogP contribution in [0.2, 0.25) is 0 Å². The molecular weight excluding hydrogens is 489 g/mol. The van der Waals surface area contributed by atoms with Gasteiger partial charge in [0.05, 0.1) is 5.56 Å². The lowest BCUT2D eigenvalue weighted by atomic mass is 9.97. The average Bonchev–Trinajstić information content (AvgIpc) is 3.37. The molecule has 0 saturated heterocycles. The van der Waals surface area contributed by atoms with E-state index in [1.807, 2.05) is 48.5 Å². The fourth-order valence-electron chi connectivity index (χ4n) is 4.85. The summed E-state index contributed by atoms with van der Waals surface area (Å²) in [5.74, 6) is 0.948. The molecule has 7 aromatic rings. The zero-order valence-corrected chi connectivity index (χ0v) is 21.0.